The fourth-order valence-electron chi connectivity index (χ4n) is 2.78. The number of carbonyl (C=O) groups excluding carboxylic acids is 1. The fraction of sp³-hybridized carbons (Fsp3) is 0.444. The normalized spacial score (nSPS) is 15.1. The van der Waals surface area contributed by atoms with E-state index in [1.807, 2.05) is 24.5 Å². The number of halogens is 1. The second-order valence-electron chi connectivity index (χ2n) is 6.18. The van der Waals surface area contributed by atoms with Gasteiger partial charge in [-0.15, -0.1) is 10.2 Å². The van der Waals surface area contributed by atoms with E-state index in [-0.39, 0.29) is 11.2 Å². The number of morpholine rings is 1. The maximum absolute atomic E-state index is 12.6. The van der Waals surface area contributed by atoms with Crippen molar-refractivity contribution in [3.8, 4) is 6.07 Å². The molecule has 0 radical (unpaired) electrons. The predicted octanol–water partition coefficient (Wildman–Crippen LogP) is 2.78. The first kappa shape index (κ1) is 20.5. The zero-order valence-corrected chi connectivity index (χ0v) is 17.3. The van der Waals surface area contributed by atoms with Crippen LogP contribution in [0.5, 0.6) is 0 Å². The van der Waals surface area contributed by atoms with Crippen molar-refractivity contribution >= 4 is 40.9 Å². The number of anilines is 2. The van der Waals surface area contributed by atoms with Crippen LogP contribution in [0.2, 0.25) is 5.02 Å². The average Bonchev–Trinajstić information content (AvgIpc) is 3.11. The Hall–Kier alpha value is -2.28. The number of hydrogen-bond donors (Lipinski definition) is 1. The lowest BCUT2D eigenvalue weighted by Gasteiger charge is -2.27. The molecule has 148 valence electrons. The second-order valence-corrected chi connectivity index (χ2v) is 7.90. The molecule has 1 aliphatic rings. The van der Waals surface area contributed by atoms with E-state index in [1.165, 1.54) is 11.8 Å². The zero-order chi connectivity index (χ0) is 20.1. The molecule has 8 nitrogen and oxygen atoms in total. The number of hydrogen-bond acceptors (Lipinski definition) is 7. The van der Waals surface area contributed by atoms with Crippen LogP contribution in [-0.4, -0.2) is 52.2 Å². The quantitative estimate of drug-likeness (QED) is 0.717. The monoisotopic (exact) mass is 420 g/mol. The lowest BCUT2D eigenvalue weighted by molar-refractivity contribution is -0.115. The summed E-state index contributed by atoms with van der Waals surface area (Å²) >= 11 is 7.38. The minimum atomic E-state index is -0.388. The molecule has 0 aliphatic carbocycles. The molecule has 28 heavy (non-hydrogen) atoms. The van der Waals surface area contributed by atoms with E-state index < -0.39 is 0 Å². The highest BCUT2D eigenvalue weighted by Gasteiger charge is 2.23. The molecule has 0 saturated carbocycles. The Labute approximate surface area is 172 Å². The summed E-state index contributed by atoms with van der Waals surface area (Å²) in [7, 11) is 0. The van der Waals surface area contributed by atoms with Gasteiger partial charge in [-0.25, -0.2) is 0 Å². The second kappa shape index (κ2) is 9.28. The lowest BCUT2D eigenvalue weighted by atomic mass is 10.2. The first-order valence-electron chi connectivity index (χ1n) is 8.96. The number of nitrogens with one attached hydrogen (secondary N) is 1. The highest BCUT2D eigenvalue weighted by atomic mass is 35.5. The number of amides is 1. The Balaban J connectivity index is 1.67. The van der Waals surface area contributed by atoms with Crippen LogP contribution in [0.4, 0.5) is 11.6 Å². The number of benzene rings is 1. The third-order valence-electron chi connectivity index (χ3n) is 4.32. The molecule has 2 aromatic rings. The Morgan fingerprint density at radius 2 is 2.18 bits per heavy atom. The van der Waals surface area contributed by atoms with Gasteiger partial charge in [-0.05, 0) is 32.0 Å². The van der Waals surface area contributed by atoms with Crippen LogP contribution in [0.1, 0.15) is 19.4 Å². The molecule has 1 fully saturated rings. The Bertz CT molecular complexity index is 891. The van der Waals surface area contributed by atoms with Gasteiger partial charge in [0.05, 0.1) is 29.0 Å². The summed E-state index contributed by atoms with van der Waals surface area (Å²) in [6.07, 6.45) is 0. The van der Waals surface area contributed by atoms with Gasteiger partial charge < -0.3 is 15.0 Å². The van der Waals surface area contributed by atoms with Crippen molar-refractivity contribution in [1.29, 1.82) is 5.26 Å². The molecule has 1 saturated heterocycles. The van der Waals surface area contributed by atoms with Gasteiger partial charge in [-0.3, -0.25) is 9.36 Å². The number of thioether (sulfide) groups is 1. The van der Waals surface area contributed by atoms with E-state index in [0.717, 1.165) is 19.0 Å². The third-order valence-corrected chi connectivity index (χ3v) is 5.71. The molecule has 1 atom stereocenters. The summed E-state index contributed by atoms with van der Waals surface area (Å²) < 4.78 is 7.40. The number of nitriles is 1. The summed E-state index contributed by atoms with van der Waals surface area (Å²) in [5, 5.41) is 21.0. The predicted molar refractivity (Wildman–Crippen MR) is 109 cm³/mol. The van der Waals surface area contributed by atoms with E-state index in [9.17, 15) is 4.79 Å². The van der Waals surface area contributed by atoms with Gasteiger partial charge in [0, 0.05) is 25.3 Å². The maximum atomic E-state index is 12.6. The summed E-state index contributed by atoms with van der Waals surface area (Å²) in [6, 6.07) is 6.80. The van der Waals surface area contributed by atoms with E-state index >= 15 is 0 Å². The van der Waals surface area contributed by atoms with E-state index in [2.05, 4.69) is 20.4 Å². The minimum Gasteiger partial charge on any atom is -0.378 e. The molecule has 0 spiro atoms. The molecule has 1 aromatic heterocycles. The third kappa shape index (κ3) is 4.58. The summed E-state index contributed by atoms with van der Waals surface area (Å²) in [4.78, 5) is 14.7. The van der Waals surface area contributed by atoms with Crippen molar-refractivity contribution in [3.05, 3.63) is 28.8 Å². The molecular weight excluding hydrogens is 400 g/mol. The molecule has 1 aromatic carbocycles. The highest BCUT2D eigenvalue weighted by molar-refractivity contribution is 8.00. The van der Waals surface area contributed by atoms with Crippen LogP contribution in [0.15, 0.2) is 23.4 Å². The summed E-state index contributed by atoms with van der Waals surface area (Å²) in [6.45, 7) is 7.45. The molecule has 3 rings (SSSR count). The van der Waals surface area contributed by atoms with Crippen molar-refractivity contribution in [2.24, 2.45) is 0 Å². The molecule has 1 N–H and O–H groups in total. The fourth-order valence-corrected chi connectivity index (χ4v) is 3.91. The van der Waals surface area contributed by atoms with Crippen LogP contribution in [0.25, 0.3) is 0 Å². The van der Waals surface area contributed by atoms with Crippen LogP contribution in [0, 0.1) is 11.3 Å². The minimum absolute atomic E-state index is 0.177. The molecule has 2 heterocycles. The summed E-state index contributed by atoms with van der Waals surface area (Å²) in [5.74, 6) is 0.629. The van der Waals surface area contributed by atoms with Crippen molar-refractivity contribution in [2.45, 2.75) is 30.8 Å². The molecule has 1 aliphatic heterocycles. The SMILES string of the molecule is CCn1c(S[C@H](C)C(=O)Nc2ccc(C#N)c(Cl)c2)nnc1N1CCOCC1. The van der Waals surface area contributed by atoms with Gasteiger partial charge >= 0.3 is 0 Å². The first-order valence-corrected chi connectivity index (χ1v) is 10.2. The van der Waals surface area contributed by atoms with Crippen LogP contribution < -0.4 is 10.2 Å². The van der Waals surface area contributed by atoms with Gasteiger partial charge in [0.15, 0.2) is 5.16 Å². The number of rotatable bonds is 6. The number of ether oxygens (including phenoxy) is 1. The molecular formula is C18H21ClN6O2S. The van der Waals surface area contributed by atoms with Crippen LogP contribution in [0.3, 0.4) is 0 Å². The lowest BCUT2D eigenvalue weighted by Crippen LogP contribution is -2.38. The topological polar surface area (TPSA) is 96.1 Å². The standard InChI is InChI=1S/C18H21ClN6O2S/c1-3-25-17(24-6-8-27-9-7-24)22-23-18(25)28-12(2)16(26)21-14-5-4-13(11-20)15(19)10-14/h4-5,10,12H,3,6-9H2,1-2H3,(H,21,26)/t12-/m1/s1. The molecule has 10 heteroatoms. The van der Waals surface area contributed by atoms with E-state index in [0.29, 0.717) is 41.2 Å². The van der Waals surface area contributed by atoms with Gasteiger partial charge in [-0.1, -0.05) is 23.4 Å². The largest absolute Gasteiger partial charge is 0.378 e. The van der Waals surface area contributed by atoms with Crippen LogP contribution >= 0.6 is 23.4 Å². The van der Waals surface area contributed by atoms with Gasteiger partial charge in [0.1, 0.15) is 6.07 Å². The van der Waals surface area contributed by atoms with Crippen molar-refractivity contribution in [2.75, 3.05) is 36.5 Å². The van der Waals surface area contributed by atoms with Gasteiger partial charge in [0.25, 0.3) is 0 Å². The smallest absolute Gasteiger partial charge is 0.237 e. The Morgan fingerprint density at radius 1 is 1.43 bits per heavy atom. The van der Waals surface area contributed by atoms with Crippen LogP contribution in [-0.2, 0) is 16.1 Å². The average molecular weight is 421 g/mol. The molecule has 0 unspecified atom stereocenters. The van der Waals surface area contributed by atoms with Crippen molar-refractivity contribution < 1.29 is 9.53 Å². The first-order chi connectivity index (χ1) is 13.5. The van der Waals surface area contributed by atoms with E-state index in [4.69, 9.17) is 21.6 Å². The van der Waals surface area contributed by atoms with E-state index in [1.54, 1.807) is 18.2 Å². The molecule has 0 bridgehead atoms. The van der Waals surface area contributed by atoms with Gasteiger partial charge in [-0.2, -0.15) is 5.26 Å². The number of carbonyl (C=O) groups is 1. The maximum Gasteiger partial charge on any atom is 0.237 e. The van der Waals surface area contributed by atoms with Gasteiger partial charge in [0.2, 0.25) is 11.9 Å². The zero-order valence-electron chi connectivity index (χ0n) is 15.7. The molecule has 1 amide bonds. The van der Waals surface area contributed by atoms with Crippen molar-refractivity contribution in [3.63, 3.8) is 0 Å². The Kier molecular flexibility index (Phi) is 6.78. The summed E-state index contributed by atoms with van der Waals surface area (Å²) in [5.41, 5.74) is 0.918. The Morgan fingerprint density at radius 3 is 2.82 bits per heavy atom. The number of nitrogens with zero attached hydrogens (tertiary/aromatic N) is 5. The highest BCUT2D eigenvalue weighted by Crippen LogP contribution is 2.27. The van der Waals surface area contributed by atoms with Crippen molar-refractivity contribution in [1.82, 2.24) is 14.8 Å². The number of aromatic nitrogens is 3.